The van der Waals surface area contributed by atoms with Crippen molar-refractivity contribution in [2.75, 3.05) is 6.61 Å². The largest absolute Gasteiger partial charge is 0.508 e. The molecular formula is C13H12O3S. The van der Waals surface area contributed by atoms with Crippen molar-refractivity contribution in [3.63, 3.8) is 0 Å². The Morgan fingerprint density at radius 1 is 1.41 bits per heavy atom. The molecule has 1 heterocycles. The molecule has 17 heavy (non-hydrogen) atoms. The van der Waals surface area contributed by atoms with Crippen LogP contribution in [0.25, 0.3) is 10.4 Å². The smallest absolute Gasteiger partial charge is 0.338 e. The quantitative estimate of drug-likeness (QED) is 0.848. The van der Waals surface area contributed by atoms with Gasteiger partial charge >= 0.3 is 5.97 Å². The third-order valence-electron chi connectivity index (χ3n) is 2.29. The maximum atomic E-state index is 11.8. The highest BCUT2D eigenvalue weighted by Crippen LogP contribution is 2.30. The summed E-state index contributed by atoms with van der Waals surface area (Å²) < 4.78 is 4.98. The molecule has 0 unspecified atom stereocenters. The lowest BCUT2D eigenvalue weighted by molar-refractivity contribution is 0.0527. The number of phenols is 1. The highest BCUT2D eigenvalue weighted by molar-refractivity contribution is 7.13. The number of thiophene rings is 1. The minimum atomic E-state index is -0.410. The van der Waals surface area contributed by atoms with Crippen molar-refractivity contribution in [2.24, 2.45) is 0 Å². The van der Waals surface area contributed by atoms with Crippen LogP contribution in [-0.4, -0.2) is 17.7 Å². The number of aromatic hydroxyl groups is 1. The van der Waals surface area contributed by atoms with Crippen LogP contribution in [0.3, 0.4) is 0 Å². The molecule has 1 aromatic heterocycles. The second-order valence-electron chi connectivity index (χ2n) is 3.43. The highest BCUT2D eigenvalue weighted by Gasteiger charge is 2.15. The van der Waals surface area contributed by atoms with E-state index in [1.165, 1.54) is 6.07 Å². The molecule has 1 N–H and O–H groups in total. The van der Waals surface area contributed by atoms with Crippen molar-refractivity contribution >= 4 is 17.3 Å². The number of carbonyl (C=O) groups excluding carboxylic acids is 1. The molecule has 0 radical (unpaired) electrons. The first-order valence-electron chi connectivity index (χ1n) is 5.26. The minimum absolute atomic E-state index is 0.0633. The third-order valence-corrected chi connectivity index (χ3v) is 3.19. The second-order valence-corrected chi connectivity index (χ2v) is 4.38. The summed E-state index contributed by atoms with van der Waals surface area (Å²) in [4.78, 5) is 12.8. The SMILES string of the molecule is CCOC(=O)c1cc(O)ccc1-c1cccs1. The Morgan fingerprint density at radius 3 is 2.88 bits per heavy atom. The molecular weight excluding hydrogens is 236 g/mol. The number of hydrogen-bond donors (Lipinski definition) is 1. The van der Waals surface area contributed by atoms with Crippen molar-refractivity contribution in [3.8, 4) is 16.2 Å². The van der Waals surface area contributed by atoms with E-state index in [-0.39, 0.29) is 5.75 Å². The number of rotatable bonds is 3. The highest BCUT2D eigenvalue weighted by atomic mass is 32.1. The zero-order valence-electron chi connectivity index (χ0n) is 9.34. The minimum Gasteiger partial charge on any atom is -0.508 e. The van der Waals surface area contributed by atoms with E-state index < -0.39 is 5.97 Å². The van der Waals surface area contributed by atoms with Gasteiger partial charge in [0.25, 0.3) is 0 Å². The molecule has 3 nitrogen and oxygen atoms in total. The van der Waals surface area contributed by atoms with Gasteiger partial charge in [-0.15, -0.1) is 11.3 Å². The predicted molar refractivity (Wildman–Crippen MR) is 67.4 cm³/mol. The number of ether oxygens (including phenoxy) is 1. The maximum Gasteiger partial charge on any atom is 0.338 e. The summed E-state index contributed by atoms with van der Waals surface area (Å²) in [7, 11) is 0. The van der Waals surface area contributed by atoms with Crippen LogP contribution < -0.4 is 0 Å². The number of carbonyl (C=O) groups is 1. The van der Waals surface area contributed by atoms with Gasteiger partial charge in [-0.1, -0.05) is 6.07 Å². The van der Waals surface area contributed by atoms with E-state index >= 15 is 0 Å². The summed E-state index contributed by atoms with van der Waals surface area (Å²) >= 11 is 1.54. The summed E-state index contributed by atoms with van der Waals surface area (Å²) in [6.07, 6.45) is 0. The van der Waals surface area contributed by atoms with Gasteiger partial charge < -0.3 is 9.84 Å². The predicted octanol–water partition coefficient (Wildman–Crippen LogP) is 3.30. The summed E-state index contributed by atoms with van der Waals surface area (Å²) in [5.41, 5.74) is 1.19. The molecule has 1 aromatic carbocycles. The Hall–Kier alpha value is -1.81. The molecule has 0 saturated carbocycles. The molecule has 2 aromatic rings. The molecule has 0 aliphatic carbocycles. The Balaban J connectivity index is 2.48. The van der Waals surface area contributed by atoms with Crippen molar-refractivity contribution in [1.82, 2.24) is 0 Å². The van der Waals surface area contributed by atoms with Crippen LogP contribution >= 0.6 is 11.3 Å². The Labute approximate surface area is 103 Å². The Kier molecular flexibility index (Phi) is 3.44. The third kappa shape index (κ3) is 2.47. The summed E-state index contributed by atoms with van der Waals surface area (Å²) in [5.74, 6) is -0.347. The maximum absolute atomic E-state index is 11.8. The van der Waals surface area contributed by atoms with Crippen molar-refractivity contribution < 1.29 is 14.6 Å². The number of hydrogen-bond acceptors (Lipinski definition) is 4. The number of phenolic OH excluding ortho intramolecular Hbond substituents is 1. The van der Waals surface area contributed by atoms with Gasteiger partial charge in [-0.25, -0.2) is 4.79 Å². The van der Waals surface area contributed by atoms with E-state index in [4.69, 9.17) is 4.74 Å². The topological polar surface area (TPSA) is 46.5 Å². The normalized spacial score (nSPS) is 10.2. The lowest BCUT2D eigenvalue weighted by Gasteiger charge is -2.07. The van der Waals surface area contributed by atoms with E-state index in [9.17, 15) is 9.90 Å². The van der Waals surface area contributed by atoms with Gasteiger partial charge in [0.15, 0.2) is 0 Å². The molecule has 0 spiro atoms. The average Bonchev–Trinajstić information content (AvgIpc) is 2.82. The fourth-order valence-corrected chi connectivity index (χ4v) is 2.32. The number of esters is 1. The molecule has 0 amide bonds. The average molecular weight is 248 g/mol. The summed E-state index contributed by atoms with van der Waals surface area (Å²) in [6.45, 7) is 2.07. The fourth-order valence-electron chi connectivity index (χ4n) is 1.56. The monoisotopic (exact) mass is 248 g/mol. The van der Waals surface area contributed by atoms with Gasteiger partial charge in [0.1, 0.15) is 5.75 Å². The lowest BCUT2D eigenvalue weighted by atomic mass is 10.1. The van der Waals surface area contributed by atoms with E-state index in [0.29, 0.717) is 12.2 Å². The molecule has 0 saturated heterocycles. The first-order chi connectivity index (χ1) is 8.22. The first-order valence-corrected chi connectivity index (χ1v) is 6.14. The standard InChI is InChI=1S/C13H12O3S/c1-2-16-13(15)11-8-9(14)5-6-10(11)12-4-3-7-17-12/h3-8,14H,2H2,1H3. The lowest BCUT2D eigenvalue weighted by Crippen LogP contribution is -2.06. The zero-order valence-corrected chi connectivity index (χ0v) is 10.2. The van der Waals surface area contributed by atoms with Crippen LogP contribution in [-0.2, 0) is 4.74 Å². The fraction of sp³-hybridized carbons (Fsp3) is 0.154. The molecule has 2 rings (SSSR count). The Morgan fingerprint density at radius 2 is 2.24 bits per heavy atom. The molecule has 0 bridgehead atoms. The Bertz CT molecular complexity index is 517. The zero-order chi connectivity index (χ0) is 12.3. The van der Waals surface area contributed by atoms with Crippen LogP contribution in [0.2, 0.25) is 0 Å². The summed E-state index contributed by atoms with van der Waals surface area (Å²) in [6, 6.07) is 8.58. The van der Waals surface area contributed by atoms with E-state index in [1.54, 1.807) is 30.4 Å². The second kappa shape index (κ2) is 5.01. The molecule has 0 fully saturated rings. The molecule has 0 atom stereocenters. The molecule has 4 heteroatoms. The van der Waals surface area contributed by atoms with Crippen LogP contribution in [0.4, 0.5) is 0 Å². The van der Waals surface area contributed by atoms with Gasteiger partial charge in [-0.2, -0.15) is 0 Å². The van der Waals surface area contributed by atoms with Crippen LogP contribution in [0.15, 0.2) is 35.7 Å². The molecule has 0 aliphatic rings. The van der Waals surface area contributed by atoms with E-state index in [2.05, 4.69) is 0 Å². The van der Waals surface area contributed by atoms with Gasteiger partial charge in [0.2, 0.25) is 0 Å². The van der Waals surface area contributed by atoms with Gasteiger partial charge in [0, 0.05) is 10.4 Å². The van der Waals surface area contributed by atoms with Crippen LogP contribution in [0, 0.1) is 0 Å². The van der Waals surface area contributed by atoms with E-state index in [0.717, 1.165) is 10.4 Å². The van der Waals surface area contributed by atoms with Gasteiger partial charge in [-0.05, 0) is 36.6 Å². The van der Waals surface area contributed by atoms with Gasteiger partial charge in [0.05, 0.1) is 12.2 Å². The van der Waals surface area contributed by atoms with Gasteiger partial charge in [-0.3, -0.25) is 0 Å². The number of benzene rings is 1. The van der Waals surface area contributed by atoms with Crippen LogP contribution in [0.1, 0.15) is 17.3 Å². The van der Waals surface area contributed by atoms with Crippen molar-refractivity contribution in [1.29, 1.82) is 0 Å². The first kappa shape index (κ1) is 11.7. The molecule has 88 valence electrons. The van der Waals surface area contributed by atoms with E-state index in [1.807, 2.05) is 17.5 Å². The summed E-state index contributed by atoms with van der Waals surface area (Å²) in [5, 5.41) is 11.4. The van der Waals surface area contributed by atoms with Crippen LogP contribution in [0.5, 0.6) is 5.75 Å². The molecule has 0 aliphatic heterocycles. The van der Waals surface area contributed by atoms with Crippen molar-refractivity contribution in [2.45, 2.75) is 6.92 Å². The van der Waals surface area contributed by atoms with Crippen molar-refractivity contribution in [3.05, 3.63) is 41.3 Å².